The largest absolute Gasteiger partial charge is 0.466 e. The highest BCUT2D eigenvalue weighted by molar-refractivity contribution is 14.0. The molecule has 1 aromatic carbocycles. The molecule has 0 saturated carbocycles. The number of esters is 1. The highest BCUT2D eigenvalue weighted by Gasteiger charge is 2.27. The van der Waals surface area contributed by atoms with E-state index >= 15 is 0 Å². The van der Waals surface area contributed by atoms with Gasteiger partial charge in [-0.15, -0.1) is 35.7 Å². The summed E-state index contributed by atoms with van der Waals surface area (Å²) in [4.78, 5) is 20.2. The van der Waals surface area contributed by atoms with Gasteiger partial charge in [0, 0.05) is 24.5 Å². The van der Waals surface area contributed by atoms with Crippen molar-refractivity contribution in [3.63, 3.8) is 0 Å². The van der Waals surface area contributed by atoms with Crippen LogP contribution in [0.1, 0.15) is 32.3 Å². The zero-order chi connectivity index (χ0) is 18.1. The van der Waals surface area contributed by atoms with Gasteiger partial charge in [-0.3, -0.25) is 4.79 Å². The summed E-state index contributed by atoms with van der Waals surface area (Å²) in [6.45, 7) is 7.56. The number of piperidine rings is 1. The Kier molecular flexibility index (Phi) is 11.0. The molecule has 7 heteroatoms. The lowest BCUT2D eigenvalue weighted by atomic mass is 9.97. The predicted octanol–water partition coefficient (Wildman–Crippen LogP) is 3.77. The molecule has 26 heavy (non-hydrogen) atoms. The highest BCUT2D eigenvalue weighted by atomic mass is 127. The van der Waals surface area contributed by atoms with Crippen molar-refractivity contribution in [3.05, 3.63) is 29.8 Å². The molecular formula is C19H30IN3O2S. The van der Waals surface area contributed by atoms with Gasteiger partial charge in [-0.2, -0.15) is 0 Å². The van der Waals surface area contributed by atoms with E-state index in [0.717, 1.165) is 38.4 Å². The van der Waals surface area contributed by atoms with Crippen molar-refractivity contribution in [3.8, 4) is 0 Å². The lowest BCUT2D eigenvalue weighted by Gasteiger charge is -2.33. The molecule has 0 atom stereocenters. The van der Waals surface area contributed by atoms with Gasteiger partial charge in [0.15, 0.2) is 5.96 Å². The fourth-order valence-electron chi connectivity index (χ4n) is 2.91. The standard InChI is InChI=1S/C19H29N3O2S.HI/c1-4-20-19(21-14-15-6-8-17(25-3)9-7-15)22-12-10-16(11-13-22)18(23)24-5-2;/h6-9,16H,4-5,10-14H2,1-3H3,(H,20,21);1H. The molecule has 0 unspecified atom stereocenters. The van der Waals surface area contributed by atoms with Crippen LogP contribution < -0.4 is 5.32 Å². The second kappa shape index (κ2) is 12.4. The third-order valence-corrected chi connectivity index (χ3v) is 5.06. The van der Waals surface area contributed by atoms with Gasteiger partial charge in [-0.25, -0.2) is 4.99 Å². The summed E-state index contributed by atoms with van der Waals surface area (Å²) < 4.78 is 5.14. The smallest absolute Gasteiger partial charge is 0.309 e. The zero-order valence-corrected chi connectivity index (χ0v) is 19.0. The fourth-order valence-corrected chi connectivity index (χ4v) is 3.32. The number of carbonyl (C=O) groups is 1. The number of hydrogen-bond acceptors (Lipinski definition) is 4. The molecule has 0 bridgehead atoms. The number of aliphatic imine (C=N–C) groups is 1. The summed E-state index contributed by atoms with van der Waals surface area (Å²) in [5.41, 5.74) is 1.20. The van der Waals surface area contributed by atoms with E-state index < -0.39 is 0 Å². The van der Waals surface area contributed by atoms with E-state index in [-0.39, 0.29) is 35.9 Å². The molecule has 0 aliphatic carbocycles. The van der Waals surface area contributed by atoms with E-state index in [1.807, 2.05) is 6.92 Å². The van der Waals surface area contributed by atoms with Gasteiger partial charge >= 0.3 is 5.97 Å². The molecule has 1 aliphatic heterocycles. The molecule has 1 N–H and O–H groups in total. The number of likely N-dealkylation sites (tertiary alicyclic amines) is 1. The third kappa shape index (κ3) is 6.98. The van der Waals surface area contributed by atoms with Gasteiger partial charge in [0.05, 0.1) is 19.1 Å². The molecule has 1 aromatic rings. The summed E-state index contributed by atoms with van der Waals surface area (Å²) in [5, 5.41) is 3.37. The lowest BCUT2D eigenvalue weighted by molar-refractivity contribution is -0.149. The molecule has 0 aromatic heterocycles. The molecule has 0 amide bonds. The van der Waals surface area contributed by atoms with E-state index in [9.17, 15) is 4.79 Å². The van der Waals surface area contributed by atoms with Crippen molar-refractivity contribution in [2.24, 2.45) is 10.9 Å². The number of rotatable bonds is 6. The van der Waals surface area contributed by atoms with Crippen LogP contribution in [0.15, 0.2) is 34.2 Å². The van der Waals surface area contributed by atoms with Crippen LogP contribution in [0.4, 0.5) is 0 Å². The Balaban J connectivity index is 0.00000338. The number of benzene rings is 1. The Hall–Kier alpha value is -0.960. The van der Waals surface area contributed by atoms with Gasteiger partial charge < -0.3 is 15.0 Å². The van der Waals surface area contributed by atoms with E-state index in [0.29, 0.717) is 13.2 Å². The van der Waals surface area contributed by atoms with E-state index in [1.54, 1.807) is 11.8 Å². The van der Waals surface area contributed by atoms with Gasteiger partial charge in [0.1, 0.15) is 0 Å². The van der Waals surface area contributed by atoms with Crippen LogP contribution in [0.25, 0.3) is 0 Å². The normalized spacial score (nSPS) is 15.3. The molecular weight excluding hydrogens is 461 g/mol. The zero-order valence-electron chi connectivity index (χ0n) is 15.9. The number of carbonyl (C=O) groups excluding carboxylic acids is 1. The van der Waals surface area contributed by atoms with Gasteiger partial charge in [0.25, 0.3) is 0 Å². The van der Waals surface area contributed by atoms with Gasteiger partial charge in [-0.05, 0) is 50.6 Å². The Morgan fingerprint density at radius 3 is 2.46 bits per heavy atom. The van der Waals surface area contributed by atoms with Crippen molar-refractivity contribution in [1.82, 2.24) is 10.2 Å². The Bertz CT molecular complexity index is 573. The second-order valence-corrected chi connectivity index (χ2v) is 6.91. The number of hydrogen-bond donors (Lipinski definition) is 1. The second-order valence-electron chi connectivity index (χ2n) is 6.03. The summed E-state index contributed by atoms with van der Waals surface area (Å²) in [6, 6.07) is 8.53. The first-order valence-electron chi connectivity index (χ1n) is 9.00. The SMILES string of the molecule is CCNC(=NCc1ccc(SC)cc1)N1CCC(C(=O)OCC)CC1.I. The first-order valence-corrected chi connectivity index (χ1v) is 10.2. The Morgan fingerprint density at radius 2 is 1.92 bits per heavy atom. The molecule has 1 fully saturated rings. The van der Waals surface area contributed by atoms with Crippen LogP contribution in [-0.4, -0.2) is 49.3 Å². The number of nitrogens with one attached hydrogen (secondary N) is 1. The maximum absolute atomic E-state index is 11.9. The number of thioether (sulfide) groups is 1. The van der Waals surface area contributed by atoms with Crippen molar-refractivity contribution in [2.45, 2.75) is 38.1 Å². The van der Waals surface area contributed by atoms with Crippen molar-refractivity contribution in [1.29, 1.82) is 0 Å². The molecule has 146 valence electrons. The summed E-state index contributed by atoms with van der Waals surface area (Å²) in [7, 11) is 0. The average Bonchev–Trinajstić information content (AvgIpc) is 2.66. The maximum atomic E-state index is 11.9. The van der Waals surface area contributed by atoms with Crippen molar-refractivity contribution >= 4 is 47.7 Å². The number of nitrogens with zero attached hydrogens (tertiary/aromatic N) is 2. The fraction of sp³-hybridized carbons (Fsp3) is 0.579. The number of halogens is 1. The summed E-state index contributed by atoms with van der Waals surface area (Å²) >= 11 is 1.74. The highest BCUT2D eigenvalue weighted by Crippen LogP contribution is 2.19. The topological polar surface area (TPSA) is 53.9 Å². The minimum absolute atomic E-state index is 0. The third-order valence-electron chi connectivity index (χ3n) is 4.32. The summed E-state index contributed by atoms with van der Waals surface area (Å²) in [5.74, 6) is 0.898. The quantitative estimate of drug-likeness (QED) is 0.216. The van der Waals surface area contributed by atoms with Crippen LogP contribution in [-0.2, 0) is 16.1 Å². The van der Waals surface area contributed by atoms with Crippen LogP contribution >= 0.6 is 35.7 Å². The van der Waals surface area contributed by atoms with Gasteiger partial charge in [0.2, 0.25) is 0 Å². The van der Waals surface area contributed by atoms with Crippen LogP contribution in [0, 0.1) is 5.92 Å². The minimum atomic E-state index is -0.0574. The maximum Gasteiger partial charge on any atom is 0.309 e. The monoisotopic (exact) mass is 491 g/mol. The predicted molar refractivity (Wildman–Crippen MR) is 119 cm³/mol. The molecule has 0 spiro atoms. The summed E-state index contributed by atoms with van der Waals surface area (Å²) in [6.07, 6.45) is 3.73. The van der Waals surface area contributed by atoms with E-state index in [1.165, 1.54) is 10.5 Å². The van der Waals surface area contributed by atoms with Crippen LogP contribution in [0.5, 0.6) is 0 Å². The molecule has 5 nitrogen and oxygen atoms in total. The minimum Gasteiger partial charge on any atom is -0.466 e. The first kappa shape index (κ1) is 23.1. The molecule has 2 rings (SSSR count). The Morgan fingerprint density at radius 1 is 1.27 bits per heavy atom. The van der Waals surface area contributed by atoms with Crippen molar-refractivity contribution in [2.75, 3.05) is 32.5 Å². The molecule has 1 saturated heterocycles. The van der Waals surface area contributed by atoms with E-state index in [2.05, 4.69) is 47.7 Å². The van der Waals surface area contributed by atoms with E-state index in [4.69, 9.17) is 9.73 Å². The lowest BCUT2D eigenvalue weighted by Crippen LogP contribution is -2.46. The van der Waals surface area contributed by atoms with Crippen molar-refractivity contribution < 1.29 is 9.53 Å². The number of guanidine groups is 1. The molecule has 0 radical (unpaired) electrons. The van der Waals surface area contributed by atoms with Gasteiger partial charge in [-0.1, -0.05) is 12.1 Å². The molecule has 1 heterocycles. The Labute approximate surface area is 178 Å². The first-order chi connectivity index (χ1) is 12.2. The average molecular weight is 491 g/mol. The molecule has 1 aliphatic rings. The number of ether oxygens (including phenoxy) is 1. The van der Waals surface area contributed by atoms with Crippen LogP contribution in [0.3, 0.4) is 0 Å². The van der Waals surface area contributed by atoms with Crippen LogP contribution in [0.2, 0.25) is 0 Å².